The normalized spacial score (nSPS) is 20.5. The van der Waals surface area contributed by atoms with Crippen molar-refractivity contribution in [2.75, 3.05) is 0 Å². The van der Waals surface area contributed by atoms with E-state index in [9.17, 15) is 4.39 Å². The molecular weight excluding hydrogens is 363 g/mol. The molecular formula is C22H16ClFN2O. The second-order valence-corrected chi connectivity index (χ2v) is 7.15. The van der Waals surface area contributed by atoms with Crippen LogP contribution in [0.2, 0.25) is 5.02 Å². The molecule has 2 atom stereocenters. The Morgan fingerprint density at radius 2 is 1.81 bits per heavy atom. The molecule has 3 aromatic carbocycles. The average Bonchev–Trinajstić information content (AvgIpc) is 3.13. The summed E-state index contributed by atoms with van der Waals surface area (Å²) in [6.07, 6.45) is 0.379. The SMILES string of the molecule is Fc1ccc(C2=NN3[C@@H](C2)c2ccccc2O[C@H]3c2cccc(Cl)c2)cc1. The molecule has 0 fully saturated rings. The van der Waals surface area contributed by atoms with Gasteiger partial charge in [-0.2, -0.15) is 5.10 Å². The van der Waals surface area contributed by atoms with Gasteiger partial charge < -0.3 is 4.74 Å². The molecule has 134 valence electrons. The van der Waals surface area contributed by atoms with Gasteiger partial charge in [-0.05, 0) is 35.9 Å². The van der Waals surface area contributed by atoms with Gasteiger partial charge in [0.2, 0.25) is 6.23 Å². The highest BCUT2D eigenvalue weighted by Gasteiger charge is 2.40. The molecule has 2 heterocycles. The van der Waals surface area contributed by atoms with Crippen LogP contribution in [0.25, 0.3) is 0 Å². The van der Waals surface area contributed by atoms with Gasteiger partial charge in [-0.1, -0.05) is 54.1 Å². The first kappa shape index (κ1) is 16.3. The van der Waals surface area contributed by atoms with Crippen LogP contribution in [0.3, 0.4) is 0 Å². The van der Waals surface area contributed by atoms with E-state index in [0.29, 0.717) is 5.02 Å². The minimum atomic E-state index is -0.360. The highest BCUT2D eigenvalue weighted by atomic mass is 35.5. The van der Waals surface area contributed by atoms with Gasteiger partial charge in [-0.25, -0.2) is 9.40 Å². The molecule has 0 aliphatic carbocycles. The number of hydrogen-bond donors (Lipinski definition) is 0. The van der Waals surface area contributed by atoms with E-state index in [0.717, 1.165) is 34.6 Å². The molecule has 3 aromatic rings. The van der Waals surface area contributed by atoms with Crippen LogP contribution in [0.15, 0.2) is 77.9 Å². The van der Waals surface area contributed by atoms with Crippen molar-refractivity contribution < 1.29 is 9.13 Å². The van der Waals surface area contributed by atoms with E-state index in [1.165, 1.54) is 12.1 Å². The number of fused-ring (bicyclic) bond motifs is 3. The van der Waals surface area contributed by atoms with Crippen molar-refractivity contribution in [2.24, 2.45) is 5.10 Å². The molecule has 0 bridgehead atoms. The lowest BCUT2D eigenvalue weighted by Crippen LogP contribution is -2.33. The van der Waals surface area contributed by atoms with Crippen molar-refractivity contribution in [1.29, 1.82) is 0 Å². The smallest absolute Gasteiger partial charge is 0.213 e. The van der Waals surface area contributed by atoms with E-state index in [1.54, 1.807) is 12.1 Å². The van der Waals surface area contributed by atoms with Gasteiger partial charge in [0.25, 0.3) is 0 Å². The van der Waals surface area contributed by atoms with Crippen LogP contribution in [-0.4, -0.2) is 10.7 Å². The molecule has 0 saturated heterocycles. The zero-order valence-corrected chi connectivity index (χ0v) is 15.1. The summed E-state index contributed by atoms with van der Waals surface area (Å²) in [5, 5.41) is 7.51. The zero-order chi connectivity index (χ0) is 18.4. The molecule has 3 nitrogen and oxygen atoms in total. The molecule has 0 radical (unpaired) electrons. The minimum Gasteiger partial charge on any atom is -0.464 e. The van der Waals surface area contributed by atoms with Crippen LogP contribution in [0, 0.1) is 5.82 Å². The third kappa shape index (κ3) is 2.86. The summed E-state index contributed by atoms with van der Waals surface area (Å²) in [5.41, 5.74) is 3.91. The van der Waals surface area contributed by atoms with E-state index < -0.39 is 0 Å². The molecule has 2 aliphatic rings. The zero-order valence-electron chi connectivity index (χ0n) is 14.3. The van der Waals surface area contributed by atoms with Gasteiger partial charge in [0, 0.05) is 22.6 Å². The molecule has 27 heavy (non-hydrogen) atoms. The molecule has 5 heteroatoms. The Balaban J connectivity index is 1.60. The quantitative estimate of drug-likeness (QED) is 0.569. The summed E-state index contributed by atoms with van der Waals surface area (Å²) in [4.78, 5) is 0. The number of para-hydroxylation sites is 1. The molecule has 0 aromatic heterocycles. The summed E-state index contributed by atoms with van der Waals surface area (Å²) in [7, 11) is 0. The van der Waals surface area contributed by atoms with Gasteiger partial charge >= 0.3 is 0 Å². The molecule has 0 unspecified atom stereocenters. The van der Waals surface area contributed by atoms with Crippen molar-refractivity contribution in [3.05, 3.63) is 100 Å². The monoisotopic (exact) mass is 378 g/mol. The van der Waals surface area contributed by atoms with Crippen LogP contribution in [0.4, 0.5) is 4.39 Å². The highest BCUT2D eigenvalue weighted by molar-refractivity contribution is 6.30. The predicted molar refractivity (Wildman–Crippen MR) is 103 cm³/mol. The molecule has 0 spiro atoms. The summed E-state index contributed by atoms with van der Waals surface area (Å²) >= 11 is 6.20. The fraction of sp³-hybridized carbons (Fsp3) is 0.136. The van der Waals surface area contributed by atoms with E-state index in [-0.39, 0.29) is 18.1 Å². The number of hydrogen-bond acceptors (Lipinski definition) is 3. The fourth-order valence-electron chi connectivity index (χ4n) is 3.73. The average molecular weight is 379 g/mol. The van der Waals surface area contributed by atoms with Crippen LogP contribution in [0.1, 0.15) is 35.4 Å². The van der Waals surface area contributed by atoms with Crippen LogP contribution in [0.5, 0.6) is 5.75 Å². The van der Waals surface area contributed by atoms with Crippen molar-refractivity contribution in [3.63, 3.8) is 0 Å². The lowest BCUT2D eigenvalue weighted by Gasteiger charge is -2.38. The maximum atomic E-state index is 13.3. The number of rotatable bonds is 2. The number of nitrogens with zero attached hydrogens (tertiary/aromatic N) is 2. The summed E-state index contributed by atoms with van der Waals surface area (Å²) < 4.78 is 19.6. The first-order chi connectivity index (χ1) is 13.2. The third-order valence-corrected chi connectivity index (χ3v) is 5.25. The lowest BCUT2D eigenvalue weighted by molar-refractivity contribution is -0.0190. The number of hydrazone groups is 1. The van der Waals surface area contributed by atoms with E-state index in [4.69, 9.17) is 21.4 Å². The summed E-state index contributed by atoms with van der Waals surface area (Å²) in [6.45, 7) is 0. The Kier molecular flexibility index (Phi) is 3.87. The second-order valence-electron chi connectivity index (χ2n) is 6.72. The van der Waals surface area contributed by atoms with E-state index in [2.05, 4.69) is 6.07 Å². The van der Waals surface area contributed by atoms with Gasteiger partial charge in [0.15, 0.2) is 0 Å². The van der Waals surface area contributed by atoms with Crippen LogP contribution in [-0.2, 0) is 0 Å². The summed E-state index contributed by atoms with van der Waals surface area (Å²) in [5.74, 6) is 0.611. The van der Waals surface area contributed by atoms with Gasteiger partial charge in [0.1, 0.15) is 11.6 Å². The second kappa shape index (κ2) is 6.39. The maximum absolute atomic E-state index is 13.3. The Morgan fingerprint density at radius 1 is 1.00 bits per heavy atom. The van der Waals surface area contributed by atoms with Gasteiger partial charge in [-0.15, -0.1) is 0 Å². The molecule has 0 amide bonds. The fourth-order valence-corrected chi connectivity index (χ4v) is 3.93. The van der Waals surface area contributed by atoms with E-state index >= 15 is 0 Å². The third-order valence-electron chi connectivity index (χ3n) is 5.01. The topological polar surface area (TPSA) is 24.8 Å². The van der Waals surface area contributed by atoms with Crippen molar-refractivity contribution in [2.45, 2.75) is 18.7 Å². The Morgan fingerprint density at radius 3 is 2.63 bits per heavy atom. The van der Waals surface area contributed by atoms with Crippen molar-refractivity contribution >= 4 is 17.3 Å². The first-order valence-corrected chi connectivity index (χ1v) is 9.19. The highest BCUT2D eigenvalue weighted by Crippen LogP contribution is 2.47. The predicted octanol–water partition coefficient (Wildman–Crippen LogP) is 5.72. The maximum Gasteiger partial charge on any atom is 0.213 e. The molecule has 0 saturated carbocycles. The lowest BCUT2D eigenvalue weighted by atomic mass is 9.96. The van der Waals surface area contributed by atoms with Crippen LogP contribution >= 0.6 is 11.6 Å². The standard InChI is InChI=1S/C22H16ClFN2O/c23-16-5-3-4-15(12-16)22-26-20(18-6-1-2-7-21(18)27-22)13-19(25-26)14-8-10-17(24)11-9-14/h1-12,20,22H,13H2/t20-,22-/m0/s1. The number of benzene rings is 3. The van der Waals surface area contributed by atoms with Gasteiger partial charge in [0.05, 0.1) is 11.8 Å². The molecule has 5 rings (SSSR count). The Bertz CT molecular complexity index is 1030. The van der Waals surface area contributed by atoms with E-state index in [1.807, 2.05) is 47.5 Å². The largest absolute Gasteiger partial charge is 0.464 e. The Hall–Kier alpha value is -2.85. The number of ether oxygens (including phenoxy) is 1. The van der Waals surface area contributed by atoms with Gasteiger partial charge in [-0.3, -0.25) is 0 Å². The van der Waals surface area contributed by atoms with Crippen molar-refractivity contribution in [1.82, 2.24) is 5.01 Å². The molecule has 2 aliphatic heterocycles. The molecule has 0 N–H and O–H groups in total. The number of halogens is 2. The first-order valence-electron chi connectivity index (χ1n) is 8.82. The van der Waals surface area contributed by atoms with Crippen LogP contribution < -0.4 is 4.74 Å². The van der Waals surface area contributed by atoms with Crippen molar-refractivity contribution in [3.8, 4) is 5.75 Å². The minimum absolute atomic E-state index is 0.0685. The Labute approximate surface area is 161 Å². The summed E-state index contributed by atoms with van der Waals surface area (Å²) in [6, 6.07) is 22.2.